The van der Waals surface area contributed by atoms with Gasteiger partial charge in [-0.05, 0) is 29.3 Å². The van der Waals surface area contributed by atoms with Crippen LogP contribution in [-0.4, -0.2) is 15.6 Å². The minimum Gasteiger partial charge on any atom is -0.481 e. The van der Waals surface area contributed by atoms with Gasteiger partial charge in [0.05, 0.1) is 6.42 Å². The molecular formula is C17H14FNO2. The third-order valence-corrected chi connectivity index (χ3v) is 3.45. The summed E-state index contributed by atoms with van der Waals surface area (Å²) in [5, 5.41) is 9.93. The highest BCUT2D eigenvalue weighted by Gasteiger charge is 2.11. The molecule has 3 rings (SSSR count). The Morgan fingerprint density at radius 3 is 2.71 bits per heavy atom. The van der Waals surface area contributed by atoms with Crippen molar-refractivity contribution in [3.8, 4) is 0 Å². The van der Waals surface area contributed by atoms with E-state index in [1.807, 2.05) is 41.1 Å². The van der Waals surface area contributed by atoms with E-state index >= 15 is 0 Å². The number of halogens is 1. The van der Waals surface area contributed by atoms with Crippen molar-refractivity contribution < 1.29 is 14.3 Å². The number of hydrogen-bond donors (Lipinski definition) is 1. The lowest BCUT2D eigenvalue weighted by Gasteiger charge is -2.05. The zero-order valence-electron chi connectivity index (χ0n) is 11.3. The largest absolute Gasteiger partial charge is 0.481 e. The molecular weight excluding hydrogens is 269 g/mol. The van der Waals surface area contributed by atoms with Crippen LogP contribution < -0.4 is 0 Å². The first kappa shape index (κ1) is 13.4. The standard InChI is InChI=1S/C17H14FNO2/c18-14-5-3-4-12(8-14)10-19-11-13(9-17(20)21)15-6-1-2-7-16(15)19/h1-8,11H,9-10H2,(H,20,21). The smallest absolute Gasteiger partial charge is 0.307 e. The van der Waals surface area contributed by atoms with Gasteiger partial charge in [0.15, 0.2) is 0 Å². The van der Waals surface area contributed by atoms with Crippen LogP contribution in [0.3, 0.4) is 0 Å². The fourth-order valence-electron chi connectivity index (χ4n) is 2.59. The average Bonchev–Trinajstić information content (AvgIpc) is 2.77. The van der Waals surface area contributed by atoms with Gasteiger partial charge >= 0.3 is 5.97 Å². The summed E-state index contributed by atoms with van der Waals surface area (Å²) in [4.78, 5) is 11.0. The molecule has 0 radical (unpaired) electrons. The van der Waals surface area contributed by atoms with E-state index in [0.717, 1.165) is 22.0 Å². The molecule has 0 amide bonds. The molecule has 0 atom stereocenters. The lowest BCUT2D eigenvalue weighted by atomic mass is 10.1. The second kappa shape index (κ2) is 5.40. The molecule has 0 aliphatic carbocycles. The van der Waals surface area contributed by atoms with Crippen molar-refractivity contribution in [2.24, 2.45) is 0 Å². The minimum atomic E-state index is -0.858. The Bertz CT molecular complexity index is 807. The predicted molar refractivity (Wildman–Crippen MR) is 78.8 cm³/mol. The van der Waals surface area contributed by atoms with Gasteiger partial charge in [-0.25, -0.2) is 4.39 Å². The van der Waals surface area contributed by atoms with E-state index in [4.69, 9.17) is 5.11 Å². The number of carboxylic acid groups (broad SMARTS) is 1. The zero-order chi connectivity index (χ0) is 14.8. The van der Waals surface area contributed by atoms with E-state index in [1.165, 1.54) is 12.1 Å². The molecule has 0 saturated heterocycles. The van der Waals surface area contributed by atoms with Crippen LogP contribution in [0.1, 0.15) is 11.1 Å². The number of para-hydroxylation sites is 1. The number of carboxylic acids is 1. The Balaban J connectivity index is 2.04. The van der Waals surface area contributed by atoms with Crippen molar-refractivity contribution in [1.29, 1.82) is 0 Å². The molecule has 3 nitrogen and oxygen atoms in total. The molecule has 2 aromatic carbocycles. The molecule has 4 heteroatoms. The number of hydrogen-bond acceptors (Lipinski definition) is 1. The Labute approximate surface area is 121 Å². The second-order valence-corrected chi connectivity index (χ2v) is 5.00. The maximum absolute atomic E-state index is 13.3. The Morgan fingerprint density at radius 1 is 1.14 bits per heavy atom. The Kier molecular flexibility index (Phi) is 3.44. The van der Waals surface area contributed by atoms with E-state index in [0.29, 0.717) is 6.54 Å². The molecule has 1 aromatic heterocycles. The molecule has 1 N–H and O–H groups in total. The molecule has 0 bridgehead atoms. The number of rotatable bonds is 4. The lowest BCUT2D eigenvalue weighted by Crippen LogP contribution is -2.00. The third-order valence-electron chi connectivity index (χ3n) is 3.45. The van der Waals surface area contributed by atoms with Gasteiger partial charge in [-0.3, -0.25) is 4.79 Å². The first-order chi connectivity index (χ1) is 10.1. The number of carbonyl (C=O) groups is 1. The SMILES string of the molecule is O=C(O)Cc1cn(Cc2cccc(F)c2)c2ccccc12. The molecule has 0 fully saturated rings. The van der Waals surface area contributed by atoms with Gasteiger partial charge in [0, 0.05) is 23.6 Å². The van der Waals surface area contributed by atoms with E-state index in [9.17, 15) is 9.18 Å². The van der Waals surface area contributed by atoms with Crippen LogP contribution in [0.5, 0.6) is 0 Å². The van der Waals surface area contributed by atoms with Crippen LogP contribution in [0.4, 0.5) is 4.39 Å². The van der Waals surface area contributed by atoms with Crippen LogP contribution in [0, 0.1) is 5.82 Å². The van der Waals surface area contributed by atoms with Crippen molar-refractivity contribution >= 4 is 16.9 Å². The average molecular weight is 283 g/mol. The summed E-state index contributed by atoms with van der Waals surface area (Å²) in [7, 11) is 0. The van der Waals surface area contributed by atoms with Crippen molar-refractivity contribution in [3.05, 3.63) is 71.7 Å². The summed E-state index contributed by atoms with van der Waals surface area (Å²) in [6.07, 6.45) is 1.82. The van der Waals surface area contributed by atoms with E-state index in [-0.39, 0.29) is 12.2 Å². The number of aliphatic carboxylic acids is 1. The van der Waals surface area contributed by atoms with Crippen LogP contribution in [0.15, 0.2) is 54.7 Å². The maximum atomic E-state index is 13.3. The van der Waals surface area contributed by atoms with Gasteiger partial charge in [-0.2, -0.15) is 0 Å². The summed E-state index contributed by atoms with van der Waals surface area (Å²) >= 11 is 0. The zero-order valence-corrected chi connectivity index (χ0v) is 11.3. The second-order valence-electron chi connectivity index (χ2n) is 5.00. The monoisotopic (exact) mass is 283 g/mol. The summed E-state index contributed by atoms with van der Waals surface area (Å²) in [5.74, 6) is -1.13. The normalized spacial score (nSPS) is 10.9. The Hall–Kier alpha value is -2.62. The van der Waals surface area contributed by atoms with Crippen LogP contribution in [-0.2, 0) is 17.8 Å². The van der Waals surface area contributed by atoms with Gasteiger partial charge in [-0.15, -0.1) is 0 Å². The van der Waals surface area contributed by atoms with Crippen LogP contribution in [0.25, 0.3) is 10.9 Å². The number of nitrogens with zero attached hydrogens (tertiary/aromatic N) is 1. The molecule has 1 heterocycles. The topological polar surface area (TPSA) is 42.2 Å². The van der Waals surface area contributed by atoms with Gasteiger partial charge < -0.3 is 9.67 Å². The summed E-state index contributed by atoms with van der Waals surface area (Å²) in [5.41, 5.74) is 2.57. The van der Waals surface area contributed by atoms with Gasteiger partial charge in [0.2, 0.25) is 0 Å². The number of benzene rings is 2. The first-order valence-electron chi connectivity index (χ1n) is 6.66. The van der Waals surface area contributed by atoms with E-state index in [2.05, 4.69) is 0 Å². The quantitative estimate of drug-likeness (QED) is 0.796. The van der Waals surface area contributed by atoms with Crippen LogP contribution >= 0.6 is 0 Å². The maximum Gasteiger partial charge on any atom is 0.307 e. The molecule has 21 heavy (non-hydrogen) atoms. The highest BCUT2D eigenvalue weighted by molar-refractivity contribution is 5.87. The van der Waals surface area contributed by atoms with Gasteiger partial charge in [0.25, 0.3) is 0 Å². The fraction of sp³-hybridized carbons (Fsp3) is 0.118. The van der Waals surface area contributed by atoms with Crippen molar-refractivity contribution in [2.45, 2.75) is 13.0 Å². The molecule has 3 aromatic rings. The van der Waals surface area contributed by atoms with Gasteiger partial charge in [-0.1, -0.05) is 30.3 Å². The van der Waals surface area contributed by atoms with E-state index in [1.54, 1.807) is 6.07 Å². The van der Waals surface area contributed by atoms with Gasteiger partial charge in [0.1, 0.15) is 5.82 Å². The fourth-order valence-corrected chi connectivity index (χ4v) is 2.59. The van der Waals surface area contributed by atoms with Crippen molar-refractivity contribution in [1.82, 2.24) is 4.57 Å². The highest BCUT2D eigenvalue weighted by Crippen LogP contribution is 2.23. The molecule has 0 aliphatic heterocycles. The molecule has 0 unspecified atom stereocenters. The summed E-state index contributed by atoms with van der Waals surface area (Å²) in [6, 6.07) is 14.1. The predicted octanol–water partition coefficient (Wildman–Crippen LogP) is 3.46. The number of fused-ring (bicyclic) bond motifs is 1. The van der Waals surface area contributed by atoms with Crippen LogP contribution in [0.2, 0.25) is 0 Å². The highest BCUT2D eigenvalue weighted by atomic mass is 19.1. The van der Waals surface area contributed by atoms with Crippen molar-refractivity contribution in [3.63, 3.8) is 0 Å². The minimum absolute atomic E-state index is 0.0172. The third kappa shape index (κ3) is 2.79. The van der Waals surface area contributed by atoms with E-state index < -0.39 is 5.97 Å². The molecule has 106 valence electrons. The lowest BCUT2D eigenvalue weighted by molar-refractivity contribution is -0.136. The summed E-state index contributed by atoms with van der Waals surface area (Å²) < 4.78 is 15.2. The van der Waals surface area contributed by atoms with Crippen molar-refractivity contribution in [2.75, 3.05) is 0 Å². The number of aromatic nitrogens is 1. The molecule has 0 aliphatic rings. The molecule has 0 saturated carbocycles. The Morgan fingerprint density at radius 2 is 1.95 bits per heavy atom. The first-order valence-corrected chi connectivity index (χ1v) is 6.66. The summed E-state index contributed by atoms with van der Waals surface area (Å²) in [6.45, 7) is 0.512. The molecule has 0 spiro atoms.